The van der Waals surface area contributed by atoms with Crippen LogP contribution in [0.4, 0.5) is 5.69 Å². The molecule has 2 N–H and O–H groups in total. The van der Waals surface area contributed by atoms with Gasteiger partial charge in [-0.15, -0.1) is 10.2 Å². The quantitative estimate of drug-likeness (QED) is 0.253. The monoisotopic (exact) mass is 531 g/mol. The molecule has 0 atom stereocenters. The molecule has 0 unspecified atom stereocenters. The van der Waals surface area contributed by atoms with Crippen LogP contribution in [0.15, 0.2) is 77.2 Å². The second-order valence-corrected chi connectivity index (χ2v) is 9.00. The molecule has 0 bridgehead atoms. The smallest absolute Gasteiger partial charge is 0.293 e. The minimum absolute atomic E-state index is 0.135. The molecule has 1 amide bonds. The molecule has 0 aliphatic rings. The topological polar surface area (TPSA) is 94.2 Å². The van der Waals surface area contributed by atoms with Crippen molar-refractivity contribution in [3.63, 3.8) is 0 Å². The average Bonchev–Trinajstić information content (AvgIpc) is 3.53. The van der Waals surface area contributed by atoms with E-state index in [4.69, 9.17) is 33.0 Å². The summed E-state index contributed by atoms with van der Waals surface area (Å²) < 4.78 is 11.2. The highest BCUT2D eigenvalue weighted by atomic mass is 35.5. The zero-order chi connectivity index (χ0) is 25.9. The lowest BCUT2D eigenvalue weighted by Gasteiger charge is -2.10. The third kappa shape index (κ3) is 5.47. The molecule has 0 radical (unpaired) electrons. The number of nitrogens with one attached hydrogen (secondary N) is 2. The predicted octanol–water partition coefficient (Wildman–Crippen LogP) is 6.17. The van der Waals surface area contributed by atoms with Gasteiger partial charge in [-0.1, -0.05) is 11.6 Å². The second kappa shape index (κ2) is 10.4. The Labute approximate surface area is 223 Å². The maximum absolute atomic E-state index is 12.7. The molecular weight excluding hydrogens is 510 g/mol. The molecule has 5 rings (SSSR count). The standard InChI is InChI=1S/C27H22ClN5O3S/c1-3-35-20-10-8-19(9-11-20)33-31-22-14-16(2)21(15-23(22)32-33)29-27(37)30-26(34)25-13-12-24(36-25)17-4-6-18(28)7-5-17/h4-15H,3H2,1-2H3,(H2,29,30,34,37). The number of furan rings is 1. The van der Waals surface area contributed by atoms with E-state index in [1.165, 1.54) is 0 Å². The Hall–Kier alpha value is -4.21. The van der Waals surface area contributed by atoms with Crippen molar-refractivity contribution in [2.45, 2.75) is 13.8 Å². The van der Waals surface area contributed by atoms with Gasteiger partial charge < -0.3 is 14.5 Å². The number of benzene rings is 3. The van der Waals surface area contributed by atoms with Gasteiger partial charge >= 0.3 is 0 Å². The number of carbonyl (C=O) groups is 1. The number of anilines is 1. The third-order valence-corrected chi connectivity index (χ3v) is 6.00. The summed E-state index contributed by atoms with van der Waals surface area (Å²) in [5.41, 5.74) is 4.63. The Kier molecular flexibility index (Phi) is 6.89. The first-order chi connectivity index (χ1) is 17.9. The minimum atomic E-state index is -0.460. The maximum Gasteiger partial charge on any atom is 0.293 e. The molecular formula is C27H22ClN5O3S. The van der Waals surface area contributed by atoms with E-state index in [2.05, 4.69) is 20.8 Å². The number of amides is 1. The molecule has 2 aromatic heterocycles. The summed E-state index contributed by atoms with van der Waals surface area (Å²) in [5.74, 6) is 1.02. The Morgan fingerprint density at radius 1 is 1.03 bits per heavy atom. The van der Waals surface area contributed by atoms with Crippen LogP contribution in [-0.4, -0.2) is 32.6 Å². The van der Waals surface area contributed by atoms with Gasteiger partial charge in [-0.2, -0.15) is 4.80 Å². The van der Waals surface area contributed by atoms with Gasteiger partial charge in [0.2, 0.25) is 0 Å². The highest BCUT2D eigenvalue weighted by Gasteiger charge is 2.15. The van der Waals surface area contributed by atoms with Crippen LogP contribution in [0.1, 0.15) is 23.0 Å². The Bertz CT molecular complexity index is 1590. The fourth-order valence-corrected chi connectivity index (χ4v) is 4.04. The van der Waals surface area contributed by atoms with Gasteiger partial charge in [0.25, 0.3) is 5.91 Å². The lowest BCUT2D eigenvalue weighted by atomic mass is 10.2. The van der Waals surface area contributed by atoms with Crippen LogP contribution in [0.3, 0.4) is 0 Å². The van der Waals surface area contributed by atoms with Crippen molar-refractivity contribution in [1.82, 2.24) is 20.3 Å². The van der Waals surface area contributed by atoms with E-state index >= 15 is 0 Å². The molecule has 2 heterocycles. The first kappa shape index (κ1) is 24.5. The molecule has 186 valence electrons. The van der Waals surface area contributed by atoms with Crippen molar-refractivity contribution >= 4 is 51.6 Å². The number of carbonyl (C=O) groups excluding carboxylic acids is 1. The molecule has 0 saturated heterocycles. The van der Waals surface area contributed by atoms with Gasteiger partial charge in [0.05, 0.1) is 12.3 Å². The number of nitrogens with zero attached hydrogens (tertiary/aromatic N) is 3. The summed E-state index contributed by atoms with van der Waals surface area (Å²) in [5, 5.41) is 15.6. The number of hydrogen-bond acceptors (Lipinski definition) is 6. The number of halogens is 1. The van der Waals surface area contributed by atoms with E-state index in [1.807, 2.05) is 62.4 Å². The summed E-state index contributed by atoms with van der Waals surface area (Å²) in [4.78, 5) is 14.2. The number of aromatic nitrogens is 3. The van der Waals surface area contributed by atoms with Crippen molar-refractivity contribution in [3.05, 3.63) is 89.1 Å². The molecule has 0 fully saturated rings. The highest BCUT2D eigenvalue weighted by molar-refractivity contribution is 7.80. The number of thiocarbonyl (C=S) groups is 1. The number of fused-ring (bicyclic) bond motifs is 1. The van der Waals surface area contributed by atoms with Crippen LogP contribution >= 0.6 is 23.8 Å². The van der Waals surface area contributed by atoms with E-state index in [1.54, 1.807) is 29.1 Å². The SMILES string of the molecule is CCOc1ccc(-n2nc3cc(C)c(NC(=S)NC(=O)c4ccc(-c5ccc(Cl)cc5)o4)cc3n2)cc1. The summed E-state index contributed by atoms with van der Waals surface area (Å²) in [6.07, 6.45) is 0. The minimum Gasteiger partial charge on any atom is -0.494 e. The zero-order valence-electron chi connectivity index (χ0n) is 20.0. The lowest BCUT2D eigenvalue weighted by molar-refractivity contribution is 0.0951. The fraction of sp³-hybridized carbons (Fsp3) is 0.111. The van der Waals surface area contributed by atoms with E-state index < -0.39 is 5.91 Å². The van der Waals surface area contributed by atoms with E-state index in [0.29, 0.717) is 28.6 Å². The normalized spacial score (nSPS) is 10.9. The maximum atomic E-state index is 12.7. The predicted molar refractivity (Wildman–Crippen MR) is 148 cm³/mol. The van der Waals surface area contributed by atoms with Crippen molar-refractivity contribution in [2.24, 2.45) is 0 Å². The highest BCUT2D eigenvalue weighted by Crippen LogP contribution is 2.25. The van der Waals surface area contributed by atoms with Gasteiger partial charge in [-0.3, -0.25) is 10.1 Å². The van der Waals surface area contributed by atoms with Crippen LogP contribution in [0.5, 0.6) is 5.75 Å². The molecule has 10 heteroatoms. The molecule has 3 aromatic carbocycles. The Morgan fingerprint density at radius 3 is 2.43 bits per heavy atom. The summed E-state index contributed by atoms with van der Waals surface area (Å²) in [6, 6.07) is 21.8. The van der Waals surface area contributed by atoms with Crippen LogP contribution in [0, 0.1) is 6.92 Å². The van der Waals surface area contributed by atoms with Gasteiger partial charge in [-0.25, -0.2) is 0 Å². The number of rotatable bonds is 6. The van der Waals surface area contributed by atoms with Crippen molar-refractivity contribution in [2.75, 3.05) is 11.9 Å². The van der Waals surface area contributed by atoms with Gasteiger partial charge in [0.1, 0.15) is 22.5 Å². The molecule has 0 aliphatic carbocycles. The van der Waals surface area contributed by atoms with Crippen molar-refractivity contribution in [3.8, 4) is 22.8 Å². The molecule has 8 nitrogen and oxygen atoms in total. The Morgan fingerprint density at radius 2 is 1.73 bits per heavy atom. The van der Waals surface area contributed by atoms with Crippen LogP contribution in [0.2, 0.25) is 5.02 Å². The summed E-state index contributed by atoms with van der Waals surface area (Å²) >= 11 is 11.3. The fourth-order valence-electron chi connectivity index (χ4n) is 3.71. The van der Waals surface area contributed by atoms with Crippen molar-refractivity contribution in [1.29, 1.82) is 0 Å². The Balaban J connectivity index is 1.28. The van der Waals surface area contributed by atoms with E-state index in [9.17, 15) is 4.79 Å². The molecule has 37 heavy (non-hydrogen) atoms. The largest absolute Gasteiger partial charge is 0.494 e. The summed E-state index contributed by atoms with van der Waals surface area (Å²) in [7, 11) is 0. The molecule has 0 saturated carbocycles. The molecule has 5 aromatic rings. The van der Waals surface area contributed by atoms with Crippen LogP contribution in [-0.2, 0) is 0 Å². The number of hydrogen-bond donors (Lipinski definition) is 2. The van der Waals surface area contributed by atoms with Crippen LogP contribution in [0.25, 0.3) is 28.0 Å². The number of aryl methyl sites for hydroxylation is 1. The average molecular weight is 532 g/mol. The van der Waals surface area contributed by atoms with E-state index in [0.717, 1.165) is 28.1 Å². The van der Waals surface area contributed by atoms with Crippen molar-refractivity contribution < 1.29 is 13.9 Å². The van der Waals surface area contributed by atoms with Gasteiger partial charge in [-0.05, 0) is 104 Å². The second-order valence-electron chi connectivity index (χ2n) is 8.15. The van der Waals surface area contributed by atoms with Gasteiger partial charge in [0.15, 0.2) is 10.9 Å². The zero-order valence-corrected chi connectivity index (χ0v) is 21.6. The summed E-state index contributed by atoms with van der Waals surface area (Å²) in [6.45, 7) is 4.47. The van der Waals surface area contributed by atoms with Gasteiger partial charge in [0, 0.05) is 16.3 Å². The molecule has 0 aliphatic heterocycles. The van der Waals surface area contributed by atoms with Crippen LogP contribution < -0.4 is 15.4 Å². The lowest BCUT2D eigenvalue weighted by Crippen LogP contribution is -2.34. The molecule has 0 spiro atoms. The first-order valence-corrected chi connectivity index (χ1v) is 12.3. The third-order valence-electron chi connectivity index (χ3n) is 5.54. The number of ether oxygens (including phenoxy) is 1. The first-order valence-electron chi connectivity index (χ1n) is 11.5. The van der Waals surface area contributed by atoms with E-state index in [-0.39, 0.29) is 10.9 Å².